The van der Waals surface area contributed by atoms with Crippen molar-refractivity contribution in [1.82, 2.24) is 5.32 Å². The van der Waals surface area contributed by atoms with E-state index in [1.54, 1.807) is 0 Å². The van der Waals surface area contributed by atoms with E-state index >= 15 is 0 Å². The predicted molar refractivity (Wildman–Crippen MR) is 80.8 cm³/mol. The van der Waals surface area contributed by atoms with Gasteiger partial charge in [-0.25, -0.2) is 0 Å². The molecule has 2 atom stereocenters. The fraction of sp³-hybridized carbons (Fsp3) is 0.467. The molecule has 114 valence electrons. The normalized spacial score (nSPS) is 19.2. The summed E-state index contributed by atoms with van der Waals surface area (Å²) >= 11 is 3.34. The molecule has 0 aromatic heterocycles. The molecule has 1 aromatic carbocycles. The van der Waals surface area contributed by atoms with Gasteiger partial charge < -0.3 is 15.2 Å². The second-order valence-corrected chi connectivity index (χ2v) is 6.12. The summed E-state index contributed by atoms with van der Waals surface area (Å²) in [7, 11) is 0. The van der Waals surface area contributed by atoms with Crippen LogP contribution in [0.1, 0.15) is 30.9 Å². The number of nitrogens with one attached hydrogen (secondary N) is 1. The van der Waals surface area contributed by atoms with Crippen LogP contribution < -0.4 is 5.32 Å². The third-order valence-corrected chi connectivity index (χ3v) is 4.01. The molecule has 5 nitrogen and oxygen atoms in total. The molecule has 0 saturated carbocycles. The van der Waals surface area contributed by atoms with Crippen molar-refractivity contribution in [2.24, 2.45) is 5.92 Å². The number of hydrogen-bond donors (Lipinski definition) is 2. The fourth-order valence-corrected chi connectivity index (χ4v) is 2.65. The molecule has 0 bridgehead atoms. The number of amides is 1. The first kappa shape index (κ1) is 16.0. The van der Waals surface area contributed by atoms with Gasteiger partial charge >= 0.3 is 5.97 Å². The van der Waals surface area contributed by atoms with Crippen LogP contribution in [0.25, 0.3) is 0 Å². The second-order valence-electron chi connectivity index (χ2n) is 5.20. The number of carboxylic acid groups (broad SMARTS) is 1. The van der Waals surface area contributed by atoms with Gasteiger partial charge in [-0.2, -0.15) is 0 Å². The molecule has 1 aromatic rings. The van der Waals surface area contributed by atoms with Gasteiger partial charge in [0, 0.05) is 24.1 Å². The second kappa shape index (κ2) is 7.56. The molecule has 21 heavy (non-hydrogen) atoms. The SMILES string of the molecule is O=C(O)C[C@@H](NC(=O)C[C@H]1CCOC1)c1ccc(Br)cc1. The summed E-state index contributed by atoms with van der Waals surface area (Å²) in [5.74, 6) is -0.826. The van der Waals surface area contributed by atoms with Crippen molar-refractivity contribution in [2.45, 2.75) is 25.3 Å². The molecule has 1 fully saturated rings. The van der Waals surface area contributed by atoms with Crippen LogP contribution in [0, 0.1) is 5.92 Å². The summed E-state index contributed by atoms with van der Waals surface area (Å²) in [6, 6.07) is 6.79. The zero-order valence-corrected chi connectivity index (χ0v) is 13.1. The summed E-state index contributed by atoms with van der Waals surface area (Å²) in [5, 5.41) is 11.8. The first-order valence-corrected chi connectivity index (χ1v) is 7.68. The van der Waals surface area contributed by atoms with Crippen molar-refractivity contribution in [3.8, 4) is 0 Å². The van der Waals surface area contributed by atoms with Gasteiger partial charge in [0.2, 0.25) is 5.91 Å². The number of carbonyl (C=O) groups is 2. The standard InChI is InChI=1S/C15H18BrNO4/c16-12-3-1-11(2-4-12)13(8-15(19)20)17-14(18)7-10-5-6-21-9-10/h1-4,10,13H,5-9H2,(H,17,18)(H,19,20)/t10-,13-/m1/s1. The van der Waals surface area contributed by atoms with Crippen molar-refractivity contribution in [2.75, 3.05) is 13.2 Å². The Balaban J connectivity index is 1.99. The molecule has 0 radical (unpaired) electrons. The minimum Gasteiger partial charge on any atom is -0.481 e. The van der Waals surface area contributed by atoms with Crippen molar-refractivity contribution in [3.05, 3.63) is 34.3 Å². The molecule has 2 N–H and O–H groups in total. The molecule has 6 heteroatoms. The maximum absolute atomic E-state index is 12.1. The molecule has 2 rings (SSSR count). The molecule has 0 unspecified atom stereocenters. The Labute approximate surface area is 131 Å². The summed E-state index contributed by atoms with van der Waals surface area (Å²) < 4.78 is 6.16. The van der Waals surface area contributed by atoms with E-state index in [1.807, 2.05) is 24.3 Å². The van der Waals surface area contributed by atoms with E-state index in [2.05, 4.69) is 21.2 Å². The third-order valence-electron chi connectivity index (χ3n) is 3.48. The van der Waals surface area contributed by atoms with Crippen LogP contribution in [0.3, 0.4) is 0 Å². The average Bonchev–Trinajstić information content (AvgIpc) is 2.91. The number of hydrogen-bond acceptors (Lipinski definition) is 3. The highest BCUT2D eigenvalue weighted by molar-refractivity contribution is 9.10. The minimum absolute atomic E-state index is 0.125. The highest BCUT2D eigenvalue weighted by Gasteiger charge is 2.22. The smallest absolute Gasteiger partial charge is 0.305 e. The Hall–Kier alpha value is -1.40. The van der Waals surface area contributed by atoms with Gasteiger partial charge in [0.15, 0.2) is 0 Å². The zero-order chi connectivity index (χ0) is 15.2. The van der Waals surface area contributed by atoms with Crippen LogP contribution in [0.2, 0.25) is 0 Å². The zero-order valence-electron chi connectivity index (χ0n) is 11.5. The molecule has 1 heterocycles. The lowest BCUT2D eigenvalue weighted by atomic mass is 10.0. The Morgan fingerprint density at radius 1 is 1.38 bits per heavy atom. The lowest BCUT2D eigenvalue weighted by molar-refractivity contribution is -0.137. The Bertz CT molecular complexity index is 497. The maximum atomic E-state index is 12.1. The molecular weight excluding hydrogens is 338 g/mol. The summed E-state index contributed by atoms with van der Waals surface area (Å²) in [4.78, 5) is 23.1. The van der Waals surface area contributed by atoms with Gasteiger partial charge in [-0.3, -0.25) is 9.59 Å². The molecule has 0 aliphatic carbocycles. The third kappa shape index (κ3) is 5.13. The number of carboxylic acids is 1. The predicted octanol–water partition coefficient (Wildman–Crippen LogP) is 2.51. The van der Waals surface area contributed by atoms with Crippen molar-refractivity contribution in [1.29, 1.82) is 0 Å². The Kier molecular flexibility index (Phi) is 5.76. The van der Waals surface area contributed by atoms with Gasteiger partial charge in [0.25, 0.3) is 0 Å². The van der Waals surface area contributed by atoms with Crippen LogP contribution >= 0.6 is 15.9 Å². The van der Waals surface area contributed by atoms with Crippen LogP contribution in [0.15, 0.2) is 28.7 Å². The van der Waals surface area contributed by atoms with E-state index in [0.29, 0.717) is 19.6 Å². The Morgan fingerprint density at radius 2 is 2.10 bits per heavy atom. The van der Waals surface area contributed by atoms with E-state index in [1.165, 1.54) is 0 Å². The molecule has 0 spiro atoms. The summed E-state index contributed by atoms with van der Waals surface area (Å²) in [6.45, 7) is 1.30. The summed E-state index contributed by atoms with van der Waals surface area (Å²) in [5.41, 5.74) is 0.789. The number of aliphatic carboxylic acids is 1. The molecule has 1 aliphatic heterocycles. The van der Waals surface area contributed by atoms with E-state index in [4.69, 9.17) is 9.84 Å². The monoisotopic (exact) mass is 355 g/mol. The minimum atomic E-state index is -0.938. The highest BCUT2D eigenvalue weighted by atomic mass is 79.9. The van der Waals surface area contributed by atoms with Gasteiger partial charge in [0.1, 0.15) is 0 Å². The quantitative estimate of drug-likeness (QED) is 0.821. The van der Waals surface area contributed by atoms with Crippen molar-refractivity contribution in [3.63, 3.8) is 0 Å². The largest absolute Gasteiger partial charge is 0.481 e. The van der Waals surface area contributed by atoms with Gasteiger partial charge in [-0.05, 0) is 30.0 Å². The Morgan fingerprint density at radius 3 is 2.67 bits per heavy atom. The maximum Gasteiger partial charge on any atom is 0.305 e. The number of benzene rings is 1. The first-order chi connectivity index (χ1) is 10.0. The van der Waals surface area contributed by atoms with Gasteiger partial charge in [0.05, 0.1) is 12.5 Å². The average molecular weight is 356 g/mol. The summed E-state index contributed by atoms with van der Waals surface area (Å²) in [6.07, 6.45) is 1.14. The van der Waals surface area contributed by atoms with Crippen LogP contribution in [-0.4, -0.2) is 30.2 Å². The van der Waals surface area contributed by atoms with Crippen LogP contribution in [0.5, 0.6) is 0 Å². The number of rotatable bonds is 6. The number of ether oxygens (including phenoxy) is 1. The fourth-order valence-electron chi connectivity index (χ4n) is 2.38. The van der Waals surface area contributed by atoms with E-state index in [-0.39, 0.29) is 18.2 Å². The first-order valence-electron chi connectivity index (χ1n) is 6.89. The highest BCUT2D eigenvalue weighted by Crippen LogP contribution is 2.21. The topological polar surface area (TPSA) is 75.6 Å². The van der Waals surface area contributed by atoms with E-state index < -0.39 is 12.0 Å². The van der Waals surface area contributed by atoms with Gasteiger partial charge in [-0.1, -0.05) is 28.1 Å². The van der Waals surface area contributed by atoms with Crippen LogP contribution in [0.4, 0.5) is 0 Å². The van der Waals surface area contributed by atoms with E-state index in [9.17, 15) is 9.59 Å². The lowest BCUT2D eigenvalue weighted by Crippen LogP contribution is -2.31. The van der Waals surface area contributed by atoms with Crippen LogP contribution in [-0.2, 0) is 14.3 Å². The van der Waals surface area contributed by atoms with Crippen molar-refractivity contribution < 1.29 is 19.4 Å². The van der Waals surface area contributed by atoms with E-state index in [0.717, 1.165) is 16.5 Å². The number of carbonyl (C=O) groups excluding carboxylic acids is 1. The molecule has 1 saturated heterocycles. The number of halogens is 1. The molecule has 1 aliphatic rings. The lowest BCUT2D eigenvalue weighted by Gasteiger charge is -2.18. The van der Waals surface area contributed by atoms with Crippen molar-refractivity contribution >= 4 is 27.8 Å². The van der Waals surface area contributed by atoms with Gasteiger partial charge in [-0.15, -0.1) is 0 Å². The molecular formula is C15H18BrNO4. The molecule has 1 amide bonds.